The molecule has 4 N–H and O–H groups in total. The average Bonchev–Trinajstić information content (AvgIpc) is 2.34. The lowest BCUT2D eigenvalue weighted by molar-refractivity contribution is -0.355. The first-order valence-electron chi connectivity index (χ1n) is 5.28. The lowest BCUT2D eigenvalue weighted by atomic mass is 10.1. The second-order valence-electron chi connectivity index (χ2n) is 3.95. The second-order valence-corrected chi connectivity index (χ2v) is 4.36. The molecule has 0 radical (unpaired) electrons. The molecule has 0 spiro atoms. The first-order chi connectivity index (χ1) is 9.48. The number of carbonyl (C=O) groups is 2. The number of aliphatic carboxylic acids is 1. The summed E-state index contributed by atoms with van der Waals surface area (Å²) in [6, 6.07) is 2.13. The molecular weight excluding hydrogens is 319 g/mol. The van der Waals surface area contributed by atoms with Crippen LogP contribution < -0.4 is 5.32 Å². The molecule has 0 heterocycles. The summed E-state index contributed by atoms with van der Waals surface area (Å²) in [5, 5.41) is 27.8. The molecule has 116 valence electrons. The third-order valence-electron chi connectivity index (χ3n) is 2.46. The van der Waals surface area contributed by atoms with Crippen molar-refractivity contribution in [3.63, 3.8) is 0 Å². The van der Waals surface area contributed by atoms with E-state index in [4.69, 9.17) is 26.9 Å². The Morgan fingerprint density at radius 2 is 1.71 bits per heavy atom. The van der Waals surface area contributed by atoms with Gasteiger partial charge in [0.2, 0.25) is 0 Å². The molecule has 1 unspecified atom stereocenters. The Hall–Kier alpha value is -1.84. The van der Waals surface area contributed by atoms with E-state index in [2.05, 4.69) is 0 Å². The van der Waals surface area contributed by atoms with E-state index in [1.165, 1.54) is 23.5 Å². The van der Waals surface area contributed by atoms with Gasteiger partial charge < -0.3 is 20.6 Å². The molecule has 0 fully saturated rings. The van der Waals surface area contributed by atoms with Crippen LogP contribution in [-0.2, 0) is 4.79 Å². The van der Waals surface area contributed by atoms with Gasteiger partial charge in [-0.05, 0) is 12.1 Å². The number of carboxylic acids is 1. The monoisotopic (exact) mass is 327 g/mol. The van der Waals surface area contributed by atoms with E-state index < -0.39 is 29.9 Å². The second kappa shape index (κ2) is 5.88. The molecule has 1 atom stereocenters. The largest absolute Gasteiger partial charge is 0.480 e. The maximum atomic E-state index is 12.4. The number of rotatable bonds is 4. The smallest absolute Gasteiger partial charge is 0.445 e. The Bertz CT molecular complexity index is 561. The van der Waals surface area contributed by atoms with Gasteiger partial charge in [-0.15, -0.1) is 0 Å². The number of amides is 1. The summed E-state index contributed by atoms with van der Waals surface area (Å²) in [5.41, 5.74) is -0.316. The van der Waals surface area contributed by atoms with E-state index in [1.807, 2.05) is 0 Å². The lowest BCUT2D eigenvalue weighted by Crippen LogP contribution is -2.64. The van der Waals surface area contributed by atoms with Gasteiger partial charge in [-0.25, -0.2) is 4.79 Å². The van der Waals surface area contributed by atoms with Gasteiger partial charge >= 0.3 is 12.1 Å². The van der Waals surface area contributed by atoms with Crippen molar-refractivity contribution in [2.45, 2.75) is 18.0 Å². The first-order valence-corrected chi connectivity index (χ1v) is 5.66. The van der Waals surface area contributed by atoms with E-state index in [0.29, 0.717) is 0 Å². The first kappa shape index (κ1) is 17.2. The molecule has 0 aromatic heterocycles. The highest BCUT2D eigenvalue weighted by molar-refractivity contribution is 6.33. The SMILES string of the molecule is O=C(NC(C(=O)O)C(O)(O)C(F)(F)F)c1ccccc1Cl. The van der Waals surface area contributed by atoms with E-state index in [1.54, 1.807) is 0 Å². The number of carbonyl (C=O) groups excluding carboxylic acids is 1. The maximum Gasteiger partial charge on any atom is 0.445 e. The summed E-state index contributed by atoms with van der Waals surface area (Å²) < 4.78 is 37.3. The van der Waals surface area contributed by atoms with E-state index in [9.17, 15) is 22.8 Å². The van der Waals surface area contributed by atoms with Crippen LogP contribution in [0.3, 0.4) is 0 Å². The van der Waals surface area contributed by atoms with Crippen LogP contribution in [0, 0.1) is 0 Å². The Morgan fingerprint density at radius 1 is 1.19 bits per heavy atom. The number of alkyl halides is 3. The van der Waals surface area contributed by atoms with Gasteiger partial charge in [0, 0.05) is 0 Å². The van der Waals surface area contributed by atoms with Crippen LogP contribution in [0.2, 0.25) is 5.02 Å². The van der Waals surface area contributed by atoms with Crippen molar-refractivity contribution in [3.05, 3.63) is 34.9 Å². The van der Waals surface area contributed by atoms with E-state index >= 15 is 0 Å². The van der Waals surface area contributed by atoms with Crippen molar-refractivity contribution >= 4 is 23.5 Å². The minimum atomic E-state index is -5.69. The molecule has 0 aliphatic carbocycles. The van der Waals surface area contributed by atoms with Crippen LogP contribution in [0.5, 0.6) is 0 Å². The van der Waals surface area contributed by atoms with Crippen LogP contribution in [0.25, 0.3) is 0 Å². The molecule has 1 rings (SSSR count). The van der Waals surface area contributed by atoms with E-state index in [-0.39, 0.29) is 10.6 Å². The number of nitrogens with one attached hydrogen (secondary N) is 1. The molecular formula is C11H9ClF3NO5. The normalized spacial score (nSPS) is 13.6. The van der Waals surface area contributed by atoms with Gasteiger partial charge in [-0.1, -0.05) is 23.7 Å². The van der Waals surface area contributed by atoms with Crippen LogP contribution in [0.15, 0.2) is 24.3 Å². The fraction of sp³-hybridized carbons (Fsp3) is 0.273. The zero-order valence-electron chi connectivity index (χ0n) is 10.1. The van der Waals surface area contributed by atoms with Gasteiger partial charge in [-0.3, -0.25) is 4.79 Å². The van der Waals surface area contributed by atoms with Crippen molar-refractivity contribution in [2.24, 2.45) is 0 Å². The molecule has 21 heavy (non-hydrogen) atoms. The minimum Gasteiger partial charge on any atom is -0.480 e. The Labute approximate surface area is 120 Å². The van der Waals surface area contributed by atoms with Crippen molar-refractivity contribution in [1.82, 2.24) is 5.32 Å². The molecule has 1 amide bonds. The quantitative estimate of drug-likeness (QED) is 0.611. The van der Waals surface area contributed by atoms with Gasteiger partial charge in [-0.2, -0.15) is 13.2 Å². The number of aliphatic hydroxyl groups is 2. The fourth-order valence-electron chi connectivity index (χ4n) is 1.35. The predicted molar refractivity (Wildman–Crippen MR) is 63.6 cm³/mol. The molecule has 0 bridgehead atoms. The zero-order valence-corrected chi connectivity index (χ0v) is 10.8. The number of carboxylic acid groups (broad SMARTS) is 1. The predicted octanol–water partition coefficient (Wildman–Crippen LogP) is 0.766. The molecule has 1 aromatic rings. The lowest BCUT2D eigenvalue weighted by Gasteiger charge is -2.30. The van der Waals surface area contributed by atoms with Gasteiger partial charge in [0.1, 0.15) is 0 Å². The molecule has 0 saturated carbocycles. The molecule has 1 aromatic carbocycles. The molecule has 0 saturated heterocycles. The minimum absolute atomic E-state index is 0.146. The third kappa shape index (κ3) is 3.63. The third-order valence-corrected chi connectivity index (χ3v) is 2.79. The summed E-state index contributed by atoms with van der Waals surface area (Å²) in [7, 11) is 0. The number of halogens is 4. The highest BCUT2D eigenvalue weighted by Gasteiger charge is 2.61. The summed E-state index contributed by atoms with van der Waals surface area (Å²) in [5.74, 6) is -8.22. The van der Waals surface area contributed by atoms with E-state index in [0.717, 1.165) is 6.07 Å². The van der Waals surface area contributed by atoms with Crippen molar-refractivity contribution in [1.29, 1.82) is 0 Å². The topological polar surface area (TPSA) is 107 Å². The Balaban J connectivity index is 3.09. The number of benzene rings is 1. The summed E-state index contributed by atoms with van der Waals surface area (Å²) >= 11 is 5.63. The van der Waals surface area contributed by atoms with Gasteiger partial charge in [0.05, 0.1) is 10.6 Å². The van der Waals surface area contributed by atoms with Crippen molar-refractivity contribution < 1.29 is 38.1 Å². The van der Waals surface area contributed by atoms with Crippen LogP contribution in [0.4, 0.5) is 13.2 Å². The van der Waals surface area contributed by atoms with Crippen molar-refractivity contribution in [2.75, 3.05) is 0 Å². The van der Waals surface area contributed by atoms with Gasteiger partial charge in [0.15, 0.2) is 6.04 Å². The molecule has 0 aliphatic heterocycles. The summed E-state index contributed by atoms with van der Waals surface area (Å²) in [6.45, 7) is 0. The number of hydrogen-bond acceptors (Lipinski definition) is 4. The maximum absolute atomic E-state index is 12.4. The molecule has 6 nitrogen and oxygen atoms in total. The Kier molecular flexibility index (Phi) is 4.82. The summed E-state index contributed by atoms with van der Waals surface area (Å²) in [4.78, 5) is 22.5. The standard InChI is InChI=1S/C11H9ClF3NO5/c12-6-4-2-1-3-5(6)8(17)16-7(9(18)19)10(20,21)11(13,14)15/h1-4,7,20-21H,(H,16,17)(H,18,19). The van der Waals surface area contributed by atoms with Crippen LogP contribution in [-0.4, -0.2) is 45.2 Å². The zero-order chi connectivity index (χ0) is 16.4. The highest BCUT2D eigenvalue weighted by Crippen LogP contribution is 2.31. The van der Waals surface area contributed by atoms with Crippen LogP contribution in [0.1, 0.15) is 10.4 Å². The number of hydrogen-bond donors (Lipinski definition) is 4. The molecule has 10 heteroatoms. The van der Waals surface area contributed by atoms with Gasteiger partial charge in [0.25, 0.3) is 11.7 Å². The Morgan fingerprint density at radius 3 is 2.14 bits per heavy atom. The van der Waals surface area contributed by atoms with Crippen molar-refractivity contribution in [3.8, 4) is 0 Å². The fourth-order valence-corrected chi connectivity index (χ4v) is 1.57. The average molecular weight is 328 g/mol. The summed E-state index contributed by atoms with van der Waals surface area (Å²) in [6.07, 6.45) is -5.69. The van der Waals surface area contributed by atoms with Crippen LogP contribution >= 0.6 is 11.6 Å². The highest BCUT2D eigenvalue weighted by atomic mass is 35.5. The molecule has 0 aliphatic rings.